The van der Waals surface area contributed by atoms with Crippen LogP contribution in [0.25, 0.3) is 0 Å². The van der Waals surface area contributed by atoms with Crippen molar-refractivity contribution in [2.45, 2.75) is 13.8 Å². The Morgan fingerprint density at radius 1 is 0.684 bits per heavy atom. The molecule has 0 saturated carbocycles. The summed E-state index contributed by atoms with van der Waals surface area (Å²) in [7, 11) is 0. The number of phenols is 4. The average Bonchev–Trinajstić information content (AvgIpc) is 2.38. The predicted molar refractivity (Wildman–Crippen MR) is 69.1 cm³/mol. The fraction of sp³-hybridized carbons (Fsp3) is 0.143. The third-order valence-corrected chi connectivity index (χ3v) is 2.82. The molecule has 19 heavy (non-hydrogen) atoms. The molecule has 0 aliphatic rings. The molecule has 0 aliphatic heterocycles. The standard InChI is InChI=1S/C14H14O5/c1-7-3-5-9(15)11(17)13(7)19-14-8(2)4-6-10(16)12(14)18/h3-6,15-18H,1-2H3. The minimum atomic E-state index is -0.415. The first kappa shape index (κ1) is 12.9. The number of hydrogen-bond acceptors (Lipinski definition) is 5. The second-order valence-corrected chi connectivity index (χ2v) is 4.26. The molecule has 0 fully saturated rings. The van der Waals surface area contributed by atoms with Crippen molar-refractivity contribution in [1.82, 2.24) is 0 Å². The van der Waals surface area contributed by atoms with Crippen LogP contribution in [0.3, 0.4) is 0 Å². The van der Waals surface area contributed by atoms with E-state index in [1.54, 1.807) is 26.0 Å². The van der Waals surface area contributed by atoms with E-state index in [-0.39, 0.29) is 23.0 Å². The van der Waals surface area contributed by atoms with Gasteiger partial charge in [-0.1, -0.05) is 12.1 Å². The van der Waals surface area contributed by atoms with Gasteiger partial charge >= 0.3 is 0 Å². The van der Waals surface area contributed by atoms with Gasteiger partial charge in [-0.15, -0.1) is 0 Å². The van der Waals surface area contributed by atoms with E-state index < -0.39 is 11.5 Å². The number of phenolic OH excluding ortho intramolecular Hbond substituents is 4. The summed E-state index contributed by atoms with van der Waals surface area (Å²) in [6.07, 6.45) is 0. The normalized spacial score (nSPS) is 10.4. The highest BCUT2D eigenvalue weighted by Crippen LogP contribution is 2.45. The van der Waals surface area contributed by atoms with Gasteiger partial charge in [0, 0.05) is 0 Å². The molecular weight excluding hydrogens is 248 g/mol. The number of aryl methyl sites for hydroxylation is 2. The van der Waals surface area contributed by atoms with Crippen molar-refractivity contribution in [2.24, 2.45) is 0 Å². The van der Waals surface area contributed by atoms with Gasteiger partial charge in [-0.3, -0.25) is 0 Å². The van der Waals surface area contributed by atoms with Gasteiger partial charge in [0.15, 0.2) is 23.0 Å². The molecule has 5 heteroatoms. The Hall–Kier alpha value is -2.56. The Bertz CT molecular complexity index is 579. The Morgan fingerprint density at radius 3 is 1.42 bits per heavy atom. The van der Waals surface area contributed by atoms with Crippen LogP contribution in [0.5, 0.6) is 34.5 Å². The van der Waals surface area contributed by atoms with Crippen molar-refractivity contribution in [3.8, 4) is 34.5 Å². The molecule has 2 aromatic rings. The number of rotatable bonds is 2. The van der Waals surface area contributed by atoms with Crippen molar-refractivity contribution < 1.29 is 25.2 Å². The van der Waals surface area contributed by atoms with Crippen LogP contribution in [0.1, 0.15) is 11.1 Å². The quantitative estimate of drug-likeness (QED) is 0.625. The lowest BCUT2D eigenvalue weighted by molar-refractivity contribution is 0.348. The molecule has 2 rings (SSSR count). The summed E-state index contributed by atoms with van der Waals surface area (Å²) < 4.78 is 5.44. The van der Waals surface area contributed by atoms with E-state index in [1.165, 1.54) is 12.1 Å². The highest BCUT2D eigenvalue weighted by atomic mass is 16.5. The van der Waals surface area contributed by atoms with Crippen LogP contribution in [0.4, 0.5) is 0 Å². The van der Waals surface area contributed by atoms with E-state index in [9.17, 15) is 20.4 Å². The van der Waals surface area contributed by atoms with E-state index in [0.717, 1.165) is 0 Å². The summed E-state index contributed by atoms with van der Waals surface area (Å²) in [6, 6.07) is 5.82. The van der Waals surface area contributed by atoms with Gasteiger partial charge in [-0.05, 0) is 37.1 Å². The third-order valence-electron chi connectivity index (χ3n) is 2.82. The van der Waals surface area contributed by atoms with Crippen molar-refractivity contribution >= 4 is 0 Å². The van der Waals surface area contributed by atoms with Gasteiger partial charge in [0.2, 0.25) is 11.5 Å². The van der Waals surface area contributed by atoms with E-state index in [2.05, 4.69) is 0 Å². The first-order chi connectivity index (χ1) is 8.91. The Labute approximate surface area is 110 Å². The minimum Gasteiger partial charge on any atom is -0.504 e. The molecule has 0 heterocycles. The first-order valence-electron chi connectivity index (χ1n) is 5.62. The van der Waals surface area contributed by atoms with Gasteiger partial charge in [-0.25, -0.2) is 0 Å². The van der Waals surface area contributed by atoms with Gasteiger partial charge in [0.05, 0.1) is 0 Å². The largest absolute Gasteiger partial charge is 0.504 e. The summed E-state index contributed by atoms with van der Waals surface area (Å²) >= 11 is 0. The lowest BCUT2D eigenvalue weighted by Gasteiger charge is -2.14. The molecule has 0 aliphatic carbocycles. The lowest BCUT2D eigenvalue weighted by atomic mass is 10.1. The summed E-state index contributed by atoms with van der Waals surface area (Å²) in [5, 5.41) is 38.5. The molecule has 100 valence electrons. The summed E-state index contributed by atoms with van der Waals surface area (Å²) in [6.45, 7) is 3.37. The SMILES string of the molecule is Cc1ccc(O)c(O)c1Oc1c(C)ccc(O)c1O. The van der Waals surface area contributed by atoms with Crippen LogP contribution in [0.15, 0.2) is 24.3 Å². The van der Waals surface area contributed by atoms with E-state index >= 15 is 0 Å². The molecule has 0 atom stereocenters. The molecular formula is C14H14O5. The molecule has 4 N–H and O–H groups in total. The average molecular weight is 262 g/mol. The van der Waals surface area contributed by atoms with Crippen molar-refractivity contribution in [3.05, 3.63) is 35.4 Å². The number of ether oxygens (including phenoxy) is 1. The van der Waals surface area contributed by atoms with Crippen molar-refractivity contribution in [3.63, 3.8) is 0 Å². The second-order valence-electron chi connectivity index (χ2n) is 4.26. The first-order valence-corrected chi connectivity index (χ1v) is 5.62. The molecule has 0 aromatic heterocycles. The van der Waals surface area contributed by atoms with Gasteiger partial charge in [0.25, 0.3) is 0 Å². The number of aromatic hydroxyl groups is 4. The zero-order chi connectivity index (χ0) is 14.2. The molecule has 5 nitrogen and oxygen atoms in total. The molecule has 2 aromatic carbocycles. The fourth-order valence-electron chi connectivity index (χ4n) is 1.68. The zero-order valence-corrected chi connectivity index (χ0v) is 10.5. The van der Waals surface area contributed by atoms with Crippen LogP contribution in [0, 0.1) is 13.8 Å². The third kappa shape index (κ3) is 2.22. The van der Waals surface area contributed by atoms with Gasteiger partial charge in [-0.2, -0.15) is 0 Å². The van der Waals surface area contributed by atoms with E-state index in [1.807, 2.05) is 0 Å². The van der Waals surface area contributed by atoms with Gasteiger partial charge < -0.3 is 25.2 Å². The highest BCUT2D eigenvalue weighted by Gasteiger charge is 2.17. The molecule has 0 bridgehead atoms. The van der Waals surface area contributed by atoms with Crippen LogP contribution in [-0.2, 0) is 0 Å². The van der Waals surface area contributed by atoms with E-state index in [4.69, 9.17) is 4.74 Å². The summed E-state index contributed by atoms with van der Waals surface area (Å²) in [4.78, 5) is 0. The molecule has 0 saturated heterocycles. The Balaban J connectivity index is 2.54. The number of hydrogen-bond donors (Lipinski definition) is 4. The smallest absolute Gasteiger partial charge is 0.201 e. The predicted octanol–water partition coefficient (Wildman–Crippen LogP) is 2.92. The summed E-state index contributed by atoms with van der Waals surface area (Å²) in [5.74, 6) is -1.41. The minimum absolute atomic E-state index is 0.0315. The summed E-state index contributed by atoms with van der Waals surface area (Å²) in [5.41, 5.74) is 1.16. The van der Waals surface area contributed by atoms with Crippen molar-refractivity contribution in [2.75, 3.05) is 0 Å². The van der Waals surface area contributed by atoms with Gasteiger partial charge in [0.1, 0.15) is 0 Å². The molecule has 0 unspecified atom stereocenters. The zero-order valence-electron chi connectivity index (χ0n) is 10.5. The number of benzene rings is 2. The maximum atomic E-state index is 9.77. The van der Waals surface area contributed by atoms with Crippen LogP contribution in [0.2, 0.25) is 0 Å². The molecule has 0 spiro atoms. The molecule has 0 amide bonds. The second kappa shape index (κ2) is 4.61. The Morgan fingerprint density at radius 2 is 1.05 bits per heavy atom. The monoisotopic (exact) mass is 262 g/mol. The topological polar surface area (TPSA) is 90.2 Å². The van der Waals surface area contributed by atoms with Crippen molar-refractivity contribution in [1.29, 1.82) is 0 Å². The maximum Gasteiger partial charge on any atom is 0.201 e. The lowest BCUT2D eigenvalue weighted by Crippen LogP contribution is -1.92. The van der Waals surface area contributed by atoms with Crippen LogP contribution in [-0.4, -0.2) is 20.4 Å². The van der Waals surface area contributed by atoms with Crippen LogP contribution < -0.4 is 4.74 Å². The van der Waals surface area contributed by atoms with E-state index in [0.29, 0.717) is 11.1 Å². The maximum absolute atomic E-state index is 9.77. The van der Waals surface area contributed by atoms with Crippen LogP contribution >= 0.6 is 0 Å². The Kier molecular flexibility index (Phi) is 3.12. The molecule has 0 radical (unpaired) electrons. The highest BCUT2D eigenvalue weighted by molar-refractivity contribution is 5.59. The fourth-order valence-corrected chi connectivity index (χ4v) is 1.68.